The fourth-order valence-electron chi connectivity index (χ4n) is 1.44. The van der Waals surface area contributed by atoms with E-state index in [1.807, 2.05) is 30.3 Å². The summed E-state index contributed by atoms with van der Waals surface area (Å²) in [7, 11) is 1.39. The number of rotatable bonds is 5. The van der Waals surface area contributed by atoms with Gasteiger partial charge in [-0.3, -0.25) is 9.63 Å². The van der Waals surface area contributed by atoms with Crippen LogP contribution in [0.1, 0.15) is 12.3 Å². The van der Waals surface area contributed by atoms with Crippen LogP contribution in [0.5, 0.6) is 0 Å². The summed E-state index contributed by atoms with van der Waals surface area (Å²) in [5.74, 6) is 0.662. The molecule has 0 unspecified atom stereocenters. The van der Waals surface area contributed by atoms with Gasteiger partial charge in [-0.1, -0.05) is 18.2 Å². The molecule has 0 radical (unpaired) electrons. The molecule has 1 aromatic carbocycles. The van der Waals surface area contributed by atoms with E-state index in [1.54, 1.807) is 0 Å². The molecule has 1 N–H and O–H groups in total. The molecule has 0 aliphatic rings. The molecule has 0 saturated heterocycles. The summed E-state index contributed by atoms with van der Waals surface area (Å²) in [5.41, 5.74) is 3.08. The van der Waals surface area contributed by atoms with E-state index in [0.29, 0.717) is 18.2 Å². The molecule has 1 heterocycles. The zero-order valence-electron chi connectivity index (χ0n) is 9.92. The van der Waals surface area contributed by atoms with Gasteiger partial charge in [-0.25, -0.2) is 5.48 Å². The van der Waals surface area contributed by atoms with Crippen LogP contribution >= 0.6 is 0 Å². The van der Waals surface area contributed by atoms with Gasteiger partial charge in [0.15, 0.2) is 0 Å². The van der Waals surface area contributed by atoms with Gasteiger partial charge in [-0.15, -0.1) is 10.2 Å². The third-order valence-electron chi connectivity index (χ3n) is 2.27. The van der Waals surface area contributed by atoms with E-state index < -0.39 is 0 Å². The number of carbonyl (C=O) groups is 1. The minimum absolute atomic E-state index is 0.225. The Hall–Kier alpha value is -2.21. The Bertz CT molecular complexity index is 510. The molecule has 0 aliphatic carbocycles. The molecule has 6 nitrogen and oxygen atoms in total. The van der Waals surface area contributed by atoms with Gasteiger partial charge in [0.1, 0.15) is 0 Å². The number of hydrogen-bond donors (Lipinski definition) is 1. The number of hydroxylamine groups is 1. The molecule has 0 spiro atoms. The van der Waals surface area contributed by atoms with E-state index in [9.17, 15) is 4.79 Å². The van der Waals surface area contributed by atoms with E-state index in [2.05, 4.69) is 20.5 Å². The second-order valence-electron chi connectivity index (χ2n) is 3.60. The second kappa shape index (κ2) is 5.92. The molecular weight excluding hydrogens is 234 g/mol. The molecule has 1 amide bonds. The number of carbonyl (C=O) groups excluding carboxylic acids is 1. The number of nitrogens with zero attached hydrogens (tertiary/aromatic N) is 2. The maximum Gasteiger partial charge on any atom is 0.247 e. The standard InChI is InChI=1S/C12H13N3O3/c1-17-15-10(16)7-8-11-13-14-12(18-11)9-5-3-2-4-6-9/h2-6H,7-8H2,1H3,(H,15,16). The zero-order valence-corrected chi connectivity index (χ0v) is 9.92. The smallest absolute Gasteiger partial charge is 0.247 e. The Morgan fingerprint density at radius 2 is 2.11 bits per heavy atom. The molecule has 0 fully saturated rings. The van der Waals surface area contributed by atoms with E-state index in [-0.39, 0.29) is 12.3 Å². The van der Waals surface area contributed by atoms with Crippen LogP contribution in [-0.4, -0.2) is 23.2 Å². The first-order chi connectivity index (χ1) is 8.79. The molecule has 0 aliphatic heterocycles. The maximum absolute atomic E-state index is 11.2. The van der Waals surface area contributed by atoms with Crippen LogP contribution in [-0.2, 0) is 16.1 Å². The molecule has 2 aromatic rings. The molecule has 18 heavy (non-hydrogen) atoms. The fraction of sp³-hybridized carbons (Fsp3) is 0.250. The van der Waals surface area contributed by atoms with Crippen molar-refractivity contribution in [3.8, 4) is 11.5 Å². The maximum atomic E-state index is 11.2. The Morgan fingerprint density at radius 3 is 2.83 bits per heavy atom. The van der Waals surface area contributed by atoms with Crippen molar-refractivity contribution in [1.82, 2.24) is 15.7 Å². The highest BCUT2D eigenvalue weighted by molar-refractivity contribution is 5.74. The topological polar surface area (TPSA) is 77.2 Å². The lowest BCUT2D eigenvalue weighted by molar-refractivity contribution is -0.131. The molecule has 1 aromatic heterocycles. The van der Waals surface area contributed by atoms with E-state index >= 15 is 0 Å². The van der Waals surface area contributed by atoms with Gasteiger partial charge in [-0.2, -0.15) is 0 Å². The molecule has 6 heteroatoms. The monoisotopic (exact) mass is 247 g/mol. The van der Waals surface area contributed by atoms with Gasteiger partial charge in [0, 0.05) is 18.4 Å². The van der Waals surface area contributed by atoms with Crippen molar-refractivity contribution in [1.29, 1.82) is 0 Å². The van der Waals surface area contributed by atoms with E-state index in [4.69, 9.17) is 4.42 Å². The van der Waals surface area contributed by atoms with Gasteiger partial charge in [0.05, 0.1) is 7.11 Å². The van der Waals surface area contributed by atoms with Gasteiger partial charge in [-0.05, 0) is 12.1 Å². The number of aryl methyl sites for hydroxylation is 1. The van der Waals surface area contributed by atoms with Crippen molar-refractivity contribution in [2.24, 2.45) is 0 Å². The number of amides is 1. The first-order valence-electron chi connectivity index (χ1n) is 5.49. The lowest BCUT2D eigenvalue weighted by Crippen LogP contribution is -2.21. The first-order valence-corrected chi connectivity index (χ1v) is 5.49. The van der Waals surface area contributed by atoms with E-state index in [0.717, 1.165) is 5.56 Å². The molecule has 0 bridgehead atoms. The first kappa shape index (κ1) is 12.3. The Kier molecular flexibility index (Phi) is 4.03. The molecule has 0 saturated carbocycles. The zero-order chi connectivity index (χ0) is 12.8. The highest BCUT2D eigenvalue weighted by Gasteiger charge is 2.09. The number of hydrogen-bond acceptors (Lipinski definition) is 5. The van der Waals surface area contributed by atoms with Crippen molar-refractivity contribution in [2.45, 2.75) is 12.8 Å². The summed E-state index contributed by atoms with van der Waals surface area (Å²) in [6, 6.07) is 9.47. The Labute approximate surface area is 104 Å². The van der Waals surface area contributed by atoms with E-state index in [1.165, 1.54) is 7.11 Å². The Balaban J connectivity index is 1.97. The van der Waals surface area contributed by atoms with Crippen LogP contribution in [0.25, 0.3) is 11.5 Å². The molecular formula is C12H13N3O3. The van der Waals surface area contributed by atoms with Crippen LogP contribution in [0.2, 0.25) is 0 Å². The predicted molar refractivity (Wildman–Crippen MR) is 63.2 cm³/mol. The lowest BCUT2D eigenvalue weighted by atomic mass is 10.2. The lowest BCUT2D eigenvalue weighted by Gasteiger charge is -1.98. The van der Waals surface area contributed by atoms with Crippen LogP contribution in [0.15, 0.2) is 34.7 Å². The fourth-order valence-corrected chi connectivity index (χ4v) is 1.44. The quantitative estimate of drug-likeness (QED) is 0.807. The van der Waals surface area contributed by atoms with Crippen LogP contribution < -0.4 is 5.48 Å². The van der Waals surface area contributed by atoms with Crippen molar-refractivity contribution in [3.05, 3.63) is 36.2 Å². The highest BCUT2D eigenvalue weighted by atomic mass is 16.6. The minimum atomic E-state index is -0.225. The summed E-state index contributed by atoms with van der Waals surface area (Å²) in [6.07, 6.45) is 0.624. The molecule has 2 rings (SSSR count). The Morgan fingerprint density at radius 1 is 1.33 bits per heavy atom. The summed E-state index contributed by atoms with van der Waals surface area (Å²) in [4.78, 5) is 15.7. The third-order valence-corrected chi connectivity index (χ3v) is 2.27. The van der Waals surface area contributed by atoms with Crippen LogP contribution in [0.4, 0.5) is 0 Å². The van der Waals surface area contributed by atoms with Crippen molar-refractivity contribution in [3.63, 3.8) is 0 Å². The predicted octanol–water partition coefficient (Wildman–Crippen LogP) is 1.35. The van der Waals surface area contributed by atoms with Crippen molar-refractivity contribution >= 4 is 5.91 Å². The van der Waals surface area contributed by atoms with Crippen LogP contribution in [0, 0.1) is 0 Å². The number of nitrogens with one attached hydrogen (secondary N) is 1. The van der Waals surface area contributed by atoms with Crippen molar-refractivity contribution in [2.75, 3.05) is 7.11 Å². The summed E-state index contributed by atoms with van der Waals surface area (Å²) in [6.45, 7) is 0. The van der Waals surface area contributed by atoms with Gasteiger partial charge < -0.3 is 4.42 Å². The van der Waals surface area contributed by atoms with Crippen molar-refractivity contribution < 1.29 is 14.0 Å². The van der Waals surface area contributed by atoms with Gasteiger partial charge in [0.25, 0.3) is 0 Å². The summed E-state index contributed by atoms with van der Waals surface area (Å²) >= 11 is 0. The average molecular weight is 247 g/mol. The normalized spacial score (nSPS) is 10.3. The third kappa shape index (κ3) is 3.14. The van der Waals surface area contributed by atoms with Gasteiger partial charge in [0.2, 0.25) is 17.7 Å². The van der Waals surface area contributed by atoms with Crippen LogP contribution in [0.3, 0.4) is 0 Å². The minimum Gasteiger partial charge on any atom is -0.421 e. The summed E-state index contributed by atoms with van der Waals surface area (Å²) < 4.78 is 5.46. The number of benzene rings is 1. The number of aromatic nitrogens is 2. The highest BCUT2D eigenvalue weighted by Crippen LogP contribution is 2.17. The van der Waals surface area contributed by atoms with Gasteiger partial charge >= 0.3 is 0 Å². The second-order valence-corrected chi connectivity index (χ2v) is 3.60. The molecule has 94 valence electrons. The average Bonchev–Trinajstić information content (AvgIpc) is 2.87. The SMILES string of the molecule is CONC(=O)CCc1nnc(-c2ccccc2)o1. The summed E-state index contributed by atoms with van der Waals surface area (Å²) in [5, 5.41) is 7.82. The molecule has 0 atom stereocenters. The largest absolute Gasteiger partial charge is 0.421 e.